The Morgan fingerprint density at radius 3 is 2.55 bits per heavy atom. The summed E-state index contributed by atoms with van der Waals surface area (Å²) in [5, 5.41) is 0.223. The molecule has 0 saturated carbocycles. The monoisotopic (exact) mass is 541 g/mol. The van der Waals surface area contributed by atoms with Gasteiger partial charge in [-0.25, -0.2) is 4.79 Å². The number of imide groups is 1. The lowest BCUT2D eigenvalue weighted by atomic mass is 10.1. The summed E-state index contributed by atoms with van der Waals surface area (Å²) in [6.07, 6.45) is 1.65. The number of hydrogen-bond donors (Lipinski definition) is 0. The van der Waals surface area contributed by atoms with Crippen molar-refractivity contribution in [2.24, 2.45) is 0 Å². The van der Waals surface area contributed by atoms with Crippen molar-refractivity contribution in [2.75, 3.05) is 0 Å². The minimum Gasteiger partial charge on any atom is -0.422 e. The van der Waals surface area contributed by atoms with Crippen LogP contribution >= 0.6 is 39.3 Å². The number of aryl methyl sites for hydroxylation is 1. The van der Waals surface area contributed by atoms with E-state index in [1.165, 1.54) is 4.90 Å². The van der Waals surface area contributed by atoms with Crippen molar-refractivity contribution in [1.82, 2.24) is 4.90 Å². The Morgan fingerprint density at radius 1 is 1.09 bits per heavy atom. The van der Waals surface area contributed by atoms with E-state index in [-0.39, 0.29) is 17.7 Å². The highest BCUT2D eigenvalue weighted by atomic mass is 79.9. The number of rotatable bonds is 5. The topological polar surface area (TPSA) is 63.7 Å². The van der Waals surface area contributed by atoms with Crippen molar-refractivity contribution in [3.63, 3.8) is 0 Å². The maximum Gasteiger partial charge on any atom is 0.343 e. The van der Waals surface area contributed by atoms with E-state index in [0.717, 1.165) is 22.9 Å². The Labute approximate surface area is 208 Å². The number of esters is 1. The second kappa shape index (κ2) is 9.95. The number of benzene rings is 3. The Hall–Kier alpha value is -2.87. The largest absolute Gasteiger partial charge is 0.422 e. The molecule has 8 heteroatoms. The lowest BCUT2D eigenvalue weighted by Crippen LogP contribution is -2.27. The van der Waals surface area contributed by atoms with Crippen LogP contribution < -0.4 is 4.74 Å². The Kier molecular flexibility index (Phi) is 7.02. The molecule has 0 radical (unpaired) electrons. The first-order valence-electron chi connectivity index (χ1n) is 9.88. The van der Waals surface area contributed by atoms with Crippen LogP contribution in [-0.4, -0.2) is 22.0 Å². The zero-order valence-corrected chi connectivity index (χ0v) is 20.5. The van der Waals surface area contributed by atoms with E-state index in [2.05, 4.69) is 15.9 Å². The molecule has 1 aliphatic heterocycles. The zero-order valence-electron chi connectivity index (χ0n) is 17.4. The quantitative estimate of drug-likeness (QED) is 0.200. The van der Waals surface area contributed by atoms with Crippen LogP contribution in [0.15, 0.2) is 76.1 Å². The summed E-state index contributed by atoms with van der Waals surface area (Å²) in [6, 6.07) is 19.2. The van der Waals surface area contributed by atoms with Gasteiger partial charge in [0.25, 0.3) is 11.1 Å². The fourth-order valence-corrected chi connectivity index (χ4v) is 4.66. The van der Waals surface area contributed by atoms with Gasteiger partial charge in [-0.2, -0.15) is 0 Å². The standard InChI is InChI=1S/C25H17BrClNO4S/c1-15-3-2-4-17(11-15)14-28-23(29)22(33-25(28)31)13-16-5-10-21(20(26)12-16)32-24(30)18-6-8-19(27)9-7-18/h2-13H,14H2,1H3/b22-13-. The molecular weight excluding hydrogens is 526 g/mol. The smallest absolute Gasteiger partial charge is 0.343 e. The van der Waals surface area contributed by atoms with Gasteiger partial charge in [-0.1, -0.05) is 47.5 Å². The molecule has 1 fully saturated rings. The molecule has 0 unspecified atom stereocenters. The van der Waals surface area contributed by atoms with Crippen molar-refractivity contribution in [1.29, 1.82) is 0 Å². The molecule has 0 bridgehead atoms. The SMILES string of the molecule is Cc1cccc(CN2C(=O)S/C(=C\c3ccc(OC(=O)c4ccc(Cl)cc4)c(Br)c3)C2=O)c1. The van der Waals surface area contributed by atoms with Gasteiger partial charge in [0.2, 0.25) is 0 Å². The third-order valence-corrected chi connectivity index (χ3v) is 6.61. The van der Waals surface area contributed by atoms with E-state index in [1.54, 1.807) is 48.5 Å². The molecule has 0 aliphatic carbocycles. The van der Waals surface area contributed by atoms with Crippen LogP contribution in [0.3, 0.4) is 0 Å². The second-order valence-electron chi connectivity index (χ2n) is 7.34. The molecule has 0 N–H and O–H groups in total. The Balaban J connectivity index is 1.48. The van der Waals surface area contributed by atoms with Gasteiger partial charge < -0.3 is 4.74 Å². The van der Waals surface area contributed by atoms with E-state index in [4.69, 9.17) is 16.3 Å². The van der Waals surface area contributed by atoms with Crippen molar-refractivity contribution in [2.45, 2.75) is 13.5 Å². The summed E-state index contributed by atoms with van der Waals surface area (Å²) in [5.41, 5.74) is 3.02. The van der Waals surface area contributed by atoms with Crippen molar-refractivity contribution in [3.05, 3.63) is 103 Å². The molecule has 0 spiro atoms. The summed E-state index contributed by atoms with van der Waals surface area (Å²) in [6.45, 7) is 2.19. The van der Waals surface area contributed by atoms with E-state index < -0.39 is 5.97 Å². The summed E-state index contributed by atoms with van der Waals surface area (Å²) in [4.78, 5) is 39.2. The highest BCUT2D eigenvalue weighted by Crippen LogP contribution is 2.35. The first-order chi connectivity index (χ1) is 15.8. The summed E-state index contributed by atoms with van der Waals surface area (Å²) in [7, 11) is 0. The van der Waals surface area contributed by atoms with Crippen LogP contribution in [0.25, 0.3) is 6.08 Å². The molecule has 1 saturated heterocycles. The van der Waals surface area contributed by atoms with Gasteiger partial charge >= 0.3 is 5.97 Å². The van der Waals surface area contributed by atoms with E-state index in [1.807, 2.05) is 31.2 Å². The van der Waals surface area contributed by atoms with Gasteiger partial charge in [0.15, 0.2) is 0 Å². The number of carbonyl (C=O) groups is 3. The molecule has 0 aromatic heterocycles. The van der Waals surface area contributed by atoms with Crippen LogP contribution in [0.2, 0.25) is 5.02 Å². The highest BCUT2D eigenvalue weighted by molar-refractivity contribution is 9.10. The van der Waals surface area contributed by atoms with Crippen LogP contribution in [0, 0.1) is 6.92 Å². The first kappa shape index (κ1) is 23.3. The lowest BCUT2D eigenvalue weighted by molar-refractivity contribution is -0.123. The molecule has 1 heterocycles. The van der Waals surface area contributed by atoms with E-state index >= 15 is 0 Å². The number of nitrogens with zero attached hydrogens (tertiary/aromatic N) is 1. The number of hydrogen-bond acceptors (Lipinski definition) is 5. The number of thioether (sulfide) groups is 1. The number of amides is 2. The molecular formula is C25H17BrClNO4S. The lowest BCUT2D eigenvalue weighted by Gasteiger charge is -2.12. The van der Waals surface area contributed by atoms with Gasteiger partial charge in [0.05, 0.1) is 21.5 Å². The fourth-order valence-electron chi connectivity index (χ4n) is 3.22. The molecule has 1 aliphatic rings. The predicted molar refractivity (Wildman–Crippen MR) is 133 cm³/mol. The normalized spacial score (nSPS) is 14.8. The number of ether oxygens (including phenoxy) is 1. The average Bonchev–Trinajstić information content (AvgIpc) is 3.03. The van der Waals surface area contributed by atoms with Gasteiger partial charge in [-0.15, -0.1) is 0 Å². The Bertz CT molecular complexity index is 1290. The fraction of sp³-hybridized carbons (Fsp3) is 0.0800. The molecule has 166 valence electrons. The molecule has 0 atom stereocenters. The van der Waals surface area contributed by atoms with Crippen LogP contribution in [0.4, 0.5) is 4.79 Å². The van der Waals surface area contributed by atoms with Crippen molar-refractivity contribution in [3.8, 4) is 5.75 Å². The molecule has 3 aromatic carbocycles. The summed E-state index contributed by atoms with van der Waals surface area (Å²) >= 11 is 10.2. The van der Waals surface area contributed by atoms with Crippen LogP contribution in [-0.2, 0) is 11.3 Å². The minimum atomic E-state index is -0.516. The minimum absolute atomic E-state index is 0.229. The number of halogens is 2. The highest BCUT2D eigenvalue weighted by Gasteiger charge is 2.35. The molecule has 5 nitrogen and oxygen atoms in total. The summed E-state index contributed by atoms with van der Waals surface area (Å²) in [5.74, 6) is -0.516. The Morgan fingerprint density at radius 2 is 1.85 bits per heavy atom. The number of carbonyl (C=O) groups excluding carboxylic acids is 3. The molecule has 3 aromatic rings. The zero-order chi connectivity index (χ0) is 23.5. The van der Waals surface area contributed by atoms with E-state index in [9.17, 15) is 14.4 Å². The summed E-state index contributed by atoms with van der Waals surface area (Å²) < 4.78 is 5.98. The molecule has 4 rings (SSSR count). The van der Waals surface area contributed by atoms with Gasteiger partial charge in [0, 0.05) is 5.02 Å². The van der Waals surface area contributed by atoms with Gasteiger partial charge in [0.1, 0.15) is 5.75 Å². The third kappa shape index (κ3) is 5.55. The third-order valence-electron chi connectivity index (χ3n) is 4.83. The predicted octanol–water partition coefficient (Wildman–Crippen LogP) is 6.87. The second-order valence-corrected chi connectivity index (χ2v) is 9.63. The van der Waals surface area contributed by atoms with E-state index in [0.29, 0.717) is 31.3 Å². The first-order valence-corrected chi connectivity index (χ1v) is 11.9. The molecule has 2 amide bonds. The van der Waals surface area contributed by atoms with Crippen molar-refractivity contribution >= 4 is 62.5 Å². The van der Waals surface area contributed by atoms with Gasteiger partial charge in [-0.05, 0) is 88.2 Å². The van der Waals surface area contributed by atoms with Crippen molar-refractivity contribution < 1.29 is 19.1 Å². The molecule has 33 heavy (non-hydrogen) atoms. The van der Waals surface area contributed by atoms with Crippen LogP contribution in [0.1, 0.15) is 27.0 Å². The maximum absolute atomic E-state index is 12.8. The maximum atomic E-state index is 12.8. The average molecular weight is 543 g/mol. The van der Waals surface area contributed by atoms with Crippen LogP contribution in [0.5, 0.6) is 5.75 Å². The van der Waals surface area contributed by atoms with Gasteiger partial charge in [-0.3, -0.25) is 14.5 Å².